The minimum atomic E-state index is 0. The van der Waals surface area contributed by atoms with Crippen LogP contribution in [-0.4, -0.2) is 31.0 Å². The largest absolute Gasteiger partial charge is 0.494 e. The quantitative estimate of drug-likeness (QED) is 0.409. The van der Waals surface area contributed by atoms with Crippen LogP contribution in [0.5, 0.6) is 11.5 Å². The molecule has 4 nitrogen and oxygen atoms in total. The predicted molar refractivity (Wildman–Crippen MR) is 110 cm³/mol. The Kier molecular flexibility index (Phi) is 9.12. The summed E-state index contributed by atoms with van der Waals surface area (Å²) in [7, 11) is 0. The lowest BCUT2D eigenvalue weighted by atomic mass is 10.1. The third-order valence-electron chi connectivity index (χ3n) is 4.58. The lowest BCUT2D eigenvalue weighted by Gasteiger charge is -2.10. The molecule has 2 aromatic carbocycles. The molecule has 0 aromatic heterocycles. The molecule has 146 valence electrons. The molecule has 1 heterocycles. The van der Waals surface area contributed by atoms with E-state index < -0.39 is 0 Å². The van der Waals surface area contributed by atoms with E-state index in [2.05, 4.69) is 29.8 Å². The molecule has 0 radical (unpaired) electrons. The van der Waals surface area contributed by atoms with Crippen molar-refractivity contribution >= 4 is 12.4 Å². The van der Waals surface area contributed by atoms with Crippen LogP contribution in [0.2, 0.25) is 0 Å². The molecule has 0 aliphatic carbocycles. The fraction of sp³-hybridized carbons (Fsp3) is 0.455. The number of azo groups is 2. The molecule has 1 atom stereocenters. The Labute approximate surface area is 168 Å². The summed E-state index contributed by atoms with van der Waals surface area (Å²) in [6, 6.07) is 18.4. The van der Waals surface area contributed by atoms with E-state index in [1.54, 1.807) is 0 Å². The molecule has 0 N–H and O–H groups in total. The van der Waals surface area contributed by atoms with Gasteiger partial charge in [-0.2, -0.15) is 0 Å². The maximum absolute atomic E-state index is 5.91. The predicted octanol–water partition coefficient (Wildman–Crippen LogP) is 5.67. The van der Waals surface area contributed by atoms with Gasteiger partial charge in [0.15, 0.2) is 13.1 Å². The Morgan fingerprint density at radius 3 is 2.22 bits per heavy atom. The SMILES string of the molecule is CC(N=[N+]1CCCC1)c1cccc(OCCCCOc2ccccc2)c1.Cl. The molecule has 1 unspecified atom stereocenters. The van der Waals surface area contributed by atoms with Crippen molar-refractivity contribution in [2.45, 2.75) is 38.6 Å². The number of benzene rings is 2. The molecule has 1 aliphatic rings. The van der Waals surface area contributed by atoms with Crippen LogP contribution in [0.1, 0.15) is 44.2 Å². The van der Waals surface area contributed by atoms with Gasteiger partial charge in [-0.3, -0.25) is 0 Å². The Morgan fingerprint density at radius 1 is 0.889 bits per heavy atom. The standard InChI is InChI=1S/C22H29N2O2.ClH/c1-19(23-24-14-5-6-15-24)20-10-9-13-22(18-20)26-17-8-7-16-25-21-11-3-2-4-12-21;/h2-4,9-13,18-19H,5-8,14-17H2,1H3;1H/q+1;. The molecule has 3 rings (SSSR count). The first kappa shape index (κ1) is 21.2. The lowest BCUT2D eigenvalue weighted by Crippen LogP contribution is -2.06. The van der Waals surface area contributed by atoms with Crippen LogP contribution in [0.3, 0.4) is 0 Å². The average Bonchev–Trinajstić information content (AvgIpc) is 3.18. The third-order valence-corrected chi connectivity index (χ3v) is 4.58. The second-order valence-electron chi connectivity index (χ2n) is 6.74. The van der Waals surface area contributed by atoms with Crippen LogP contribution in [0, 0.1) is 0 Å². The number of hydrogen-bond acceptors (Lipinski definition) is 3. The summed E-state index contributed by atoms with van der Waals surface area (Å²) in [5.41, 5.74) is 1.21. The Bertz CT molecular complexity index is 698. The Hall–Kier alpha value is -2.07. The van der Waals surface area contributed by atoms with Gasteiger partial charge in [-0.25, -0.2) is 0 Å². The number of unbranched alkanes of at least 4 members (excludes halogenated alkanes) is 1. The van der Waals surface area contributed by atoms with Crippen molar-refractivity contribution < 1.29 is 14.2 Å². The number of ether oxygens (including phenoxy) is 2. The van der Waals surface area contributed by atoms with E-state index in [4.69, 9.17) is 14.6 Å². The molecule has 0 amide bonds. The van der Waals surface area contributed by atoms with Crippen molar-refractivity contribution in [3.8, 4) is 11.5 Å². The molecule has 0 spiro atoms. The van der Waals surface area contributed by atoms with Crippen LogP contribution in [-0.2, 0) is 0 Å². The summed E-state index contributed by atoms with van der Waals surface area (Å²) < 4.78 is 13.8. The van der Waals surface area contributed by atoms with Gasteiger partial charge >= 0.3 is 0 Å². The summed E-state index contributed by atoms with van der Waals surface area (Å²) in [6.45, 7) is 5.76. The molecule has 27 heavy (non-hydrogen) atoms. The van der Waals surface area contributed by atoms with Gasteiger partial charge in [0.1, 0.15) is 17.5 Å². The molecule has 0 saturated carbocycles. The van der Waals surface area contributed by atoms with Gasteiger partial charge in [-0.05, 0) is 54.7 Å². The van der Waals surface area contributed by atoms with E-state index in [1.807, 2.05) is 36.4 Å². The fourth-order valence-electron chi connectivity index (χ4n) is 3.09. The molecular formula is C22H30ClN2O2+. The first-order valence-electron chi connectivity index (χ1n) is 9.67. The summed E-state index contributed by atoms with van der Waals surface area (Å²) in [5.74, 6) is 1.85. The van der Waals surface area contributed by atoms with Crippen LogP contribution in [0.25, 0.3) is 0 Å². The van der Waals surface area contributed by atoms with Gasteiger partial charge in [-0.1, -0.05) is 30.3 Å². The van der Waals surface area contributed by atoms with Gasteiger partial charge in [0.05, 0.1) is 13.2 Å². The van der Waals surface area contributed by atoms with Crippen LogP contribution in [0.4, 0.5) is 0 Å². The summed E-state index contributed by atoms with van der Waals surface area (Å²) in [6.07, 6.45) is 4.47. The first-order valence-corrected chi connectivity index (χ1v) is 9.67. The summed E-state index contributed by atoms with van der Waals surface area (Å²) in [5, 5.41) is 4.80. The molecule has 1 saturated heterocycles. The zero-order chi connectivity index (χ0) is 18.0. The highest BCUT2D eigenvalue weighted by Gasteiger charge is 2.17. The van der Waals surface area contributed by atoms with Crippen molar-refractivity contribution in [3.63, 3.8) is 0 Å². The number of nitrogens with zero attached hydrogens (tertiary/aromatic N) is 2. The van der Waals surface area contributed by atoms with Gasteiger partial charge < -0.3 is 9.47 Å². The highest BCUT2D eigenvalue weighted by atomic mass is 35.5. The van der Waals surface area contributed by atoms with Crippen molar-refractivity contribution in [2.24, 2.45) is 5.11 Å². The second-order valence-corrected chi connectivity index (χ2v) is 6.74. The molecule has 2 aromatic rings. The van der Waals surface area contributed by atoms with E-state index in [0.717, 1.165) is 44.0 Å². The van der Waals surface area contributed by atoms with Crippen molar-refractivity contribution in [1.82, 2.24) is 0 Å². The fourth-order valence-corrected chi connectivity index (χ4v) is 3.09. The van der Waals surface area contributed by atoms with Crippen LogP contribution in [0.15, 0.2) is 59.7 Å². The summed E-state index contributed by atoms with van der Waals surface area (Å²) >= 11 is 0. The lowest BCUT2D eigenvalue weighted by molar-refractivity contribution is -0.578. The minimum Gasteiger partial charge on any atom is -0.494 e. The number of rotatable bonds is 9. The van der Waals surface area contributed by atoms with Gasteiger partial charge in [0.25, 0.3) is 0 Å². The molecule has 0 bridgehead atoms. The Morgan fingerprint density at radius 2 is 1.52 bits per heavy atom. The average molecular weight is 390 g/mol. The normalized spacial score (nSPS) is 14.3. The van der Waals surface area contributed by atoms with Crippen molar-refractivity contribution in [1.29, 1.82) is 0 Å². The zero-order valence-electron chi connectivity index (χ0n) is 16.0. The van der Waals surface area contributed by atoms with Crippen molar-refractivity contribution in [2.75, 3.05) is 26.3 Å². The van der Waals surface area contributed by atoms with Crippen molar-refractivity contribution in [3.05, 3.63) is 60.2 Å². The van der Waals surface area contributed by atoms with E-state index in [-0.39, 0.29) is 18.4 Å². The van der Waals surface area contributed by atoms with Gasteiger partial charge in [0.2, 0.25) is 0 Å². The first-order chi connectivity index (χ1) is 12.8. The maximum atomic E-state index is 5.91. The van der Waals surface area contributed by atoms with E-state index >= 15 is 0 Å². The van der Waals surface area contributed by atoms with Gasteiger partial charge in [0, 0.05) is 12.8 Å². The van der Waals surface area contributed by atoms with Crippen LogP contribution >= 0.6 is 12.4 Å². The van der Waals surface area contributed by atoms with Gasteiger partial charge in [-0.15, -0.1) is 17.1 Å². The van der Waals surface area contributed by atoms with E-state index in [1.165, 1.54) is 18.4 Å². The highest BCUT2D eigenvalue weighted by molar-refractivity contribution is 5.85. The second kappa shape index (κ2) is 11.6. The molecule has 1 aliphatic heterocycles. The third kappa shape index (κ3) is 7.22. The number of halogens is 1. The zero-order valence-corrected chi connectivity index (χ0v) is 16.9. The number of hydrogen-bond donors (Lipinski definition) is 0. The van der Waals surface area contributed by atoms with E-state index in [9.17, 15) is 0 Å². The number of para-hydroxylation sites is 1. The highest BCUT2D eigenvalue weighted by Crippen LogP contribution is 2.23. The van der Waals surface area contributed by atoms with E-state index in [0.29, 0.717) is 6.61 Å². The van der Waals surface area contributed by atoms with Crippen LogP contribution < -0.4 is 9.47 Å². The minimum absolute atomic E-state index is 0. The smallest absolute Gasteiger partial charge is 0.168 e. The summed E-state index contributed by atoms with van der Waals surface area (Å²) in [4.78, 5) is 0. The monoisotopic (exact) mass is 389 g/mol. The maximum Gasteiger partial charge on any atom is 0.168 e. The Balaban J connectivity index is 0.00000261. The molecular weight excluding hydrogens is 360 g/mol. The topological polar surface area (TPSA) is 33.8 Å². The molecule has 5 heteroatoms. The molecule has 1 fully saturated rings.